The van der Waals surface area contributed by atoms with Crippen molar-refractivity contribution < 1.29 is 14.6 Å². The second-order valence-electron chi connectivity index (χ2n) is 1.57. The summed E-state index contributed by atoms with van der Waals surface area (Å²) in [6.07, 6.45) is 2.04. The van der Waals surface area contributed by atoms with Crippen LogP contribution in [0.15, 0.2) is 5.95 Å². The first-order chi connectivity index (χ1) is 5.20. The summed E-state index contributed by atoms with van der Waals surface area (Å²) in [6, 6.07) is 0. The number of hydrogen-bond donors (Lipinski definition) is 0. The van der Waals surface area contributed by atoms with Crippen LogP contribution in [0.4, 0.5) is 0 Å². The molecule has 0 amide bonds. The monoisotopic (exact) mass is 174 g/mol. The molecule has 0 unspecified atom stereocenters. The van der Waals surface area contributed by atoms with Gasteiger partial charge < -0.3 is 9.84 Å². The molecule has 62 valence electrons. The first-order valence-corrected chi connectivity index (χ1v) is 4.29. The van der Waals surface area contributed by atoms with Crippen molar-refractivity contribution in [2.24, 2.45) is 0 Å². The molecule has 0 atom stereocenters. The van der Waals surface area contributed by atoms with E-state index in [0.717, 1.165) is 11.8 Å². The Morgan fingerprint density at radius 1 is 1.64 bits per heavy atom. The summed E-state index contributed by atoms with van der Waals surface area (Å²) >= 11 is 1.03. The number of rotatable bonds is 4. The molecule has 0 saturated carbocycles. The highest BCUT2D eigenvalue weighted by atomic mass is 32.2. The first-order valence-electron chi connectivity index (χ1n) is 3.31. The zero-order valence-electron chi connectivity index (χ0n) is 6.55. The Morgan fingerprint density at radius 3 is 2.73 bits per heavy atom. The standard InChI is InChI=1S/C7H10O3S/c1-3-10-6(8)5-7(9)11-4-2/h3-4H2,1-2H3. The van der Waals surface area contributed by atoms with Crippen molar-refractivity contribution >= 4 is 16.9 Å². The fourth-order valence-corrected chi connectivity index (χ4v) is 0.835. The third-order valence-electron chi connectivity index (χ3n) is 0.755. The van der Waals surface area contributed by atoms with Crippen LogP contribution in [0.2, 0.25) is 0 Å². The van der Waals surface area contributed by atoms with E-state index in [9.17, 15) is 9.90 Å². The Bertz CT molecular complexity index is 154. The molecule has 0 aromatic rings. The molecule has 0 rings (SSSR count). The molecule has 0 aliphatic carbocycles. The highest BCUT2D eigenvalue weighted by molar-refractivity contribution is 8.13. The van der Waals surface area contributed by atoms with Gasteiger partial charge in [-0.25, -0.2) is 4.79 Å². The highest BCUT2D eigenvalue weighted by Crippen LogP contribution is 2.01. The molecule has 0 spiro atoms. The van der Waals surface area contributed by atoms with Gasteiger partial charge in [-0.2, -0.15) is 0 Å². The van der Waals surface area contributed by atoms with Crippen LogP contribution in [0.5, 0.6) is 0 Å². The number of thioether (sulfide) groups is 1. The number of carbonyl (C=O) groups is 1. The van der Waals surface area contributed by atoms with Gasteiger partial charge in [-0.15, -0.1) is 0 Å². The number of carbonyl (C=O) groups excluding carboxylic acids is 1. The van der Waals surface area contributed by atoms with Gasteiger partial charge in [0.2, 0.25) is 0 Å². The molecule has 3 nitrogen and oxygen atoms in total. The van der Waals surface area contributed by atoms with Gasteiger partial charge in [0.1, 0.15) is 0 Å². The summed E-state index contributed by atoms with van der Waals surface area (Å²) in [5, 5.41) is 10.2. The molecule has 11 heavy (non-hydrogen) atoms. The average Bonchev–Trinajstić information content (AvgIpc) is 1.87. The summed E-state index contributed by atoms with van der Waals surface area (Å²) in [7, 11) is 0. The summed E-state index contributed by atoms with van der Waals surface area (Å²) in [5.74, 6) is -0.0379. The van der Waals surface area contributed by atoms with E-state index >= 15 is 0 Å². The number of hydrogen-bond acceptors (Lipinski definition) is 4. The third kappa shape index (κ3) is 5.70. The van der Waals surface area contributed by atoms with Crippen LogP contribution in [-0.4, -0.2) is 17.5 Å². The molecular weight excluding hydrogens is 164 g/mol. The summed E-state index contributed by atoms with van der Waals surface area (Å²) < 4.78 is 4.47. The maximum atomic E-state index is 10.7. The minimum absolute atomic E-state index is 0.274. The van der Waals surface area contributed by atoms with Crippen LogP contribution in [0, 0.1) is 6.08 Å². The van der Waals surface area contributed by atoms with E-state index in [1.807, 2.05) is 13.0 Å². The minimum Gasteiger partial charge on any atom is -0.575 e. The van der Waals surface area contributed by atoms with E-state index in [4.69, 9.17) is 0 Å². The third-order valence-corrected chi connectivity index (χ3v) is 1.41. The van der Waals surface area contributed by atoms with Crippen LogP contribution < -0.4 is 5.11 Å². The lowest BCUT2D eigenvalue weighted by molar-refractivity contribution is -0.357. The first kappa shape index (κ1) is 10.3. The number of ether oxygens (including phenoxy) is 1. The maximum absolute atomic E-state index is 10.7. The molecule has 0 bridgehead atoms. The zero-order valence-corrected chi connectivity index (χ0v) is 7.36. The Hall–Kier alpha value is -0.730. The van der Waals surface area contributed by atoms with Gasteiger partial charge >= 0.3 is 17.1 Å². The zero-order chi connectivity index (χ0) is 8.69. The van der Waals surface area contributed by atoms with Gasteiger partial charge in [-0.1, -0.05) is 13.8 Å². The van der Waals surface area contributed by atoms with Crippen LogP contribution in [0.1, 0.15) is 13.8 Å². The van der Waals surface area contributed by atoms with E-state index in [-0.39, 0.29) is 11.7 Å². The summed E-state index contributed by atoms with van der Waals surface area (Å²) in [5.41, 5.74) is 0. The fraction of sp³-hybridized carbons (Fsp3) is 0.571. The van der Waals surface area contributed by atoms with Gasteiger partial charge in [-0.05, 0) is 18.4 Å². The van der Waals surface area contributed by atoms with Crippen molar-refractivity contribution in [2.45, 2.75) is 13.8 Å². The topological polar surface area (TPSA) is 49.4 Å². The molecule has 0 N–H and O–H groups in total. The molecule has 0 radical (unpaired) electrons. The van der Waals surface area contributed by atoms with Gasteiger partial charge in [0.15, 0.2) is 0 Å². The predicted octanol–water partition coefficient (Wildman–Crippen LogP) is 0.307. The Kier molecular flexibility index (Phi) is 5.61. The van der Waals surface area contributed by atoms with Crippen molar-refractivity contribution in [3.63, 3.8) is 0 Å². The molecule has 0 aliphatic heterocycles. The second kappa shape index (κ2) is 6.01. The van der Waals surface area contributed by atoms with Crippen molar-refractivity contribution in [3.05, 3.63) is 12.0 Å². The second-order valence-corrected chi connectivity index (χ2v) is 2.80. The lowest BCUT2D eigenvalue weighted by Crippen LogP contribution is -2.10. The van der Waals surface area contributed by atoms with Crippen LogP contribution in [-0.2, 0) is 9.53 Å². The van der Waals surface area contributed by atoms with E-state index in [1.165, 1.54) is 0 Å². The Balaban J connectivity index is 3.76. The summed E-state index contributed by atoms with van der Waals surface area (Å²) in [4.78, 5) is 10.7. The van der Waals surface area contributed by atoms with Crippen LogP contribution in [0.3, 0.4) is 0 Å². The van der Waals surface area contributed by atoms with E-state index in [0.29, 0.717) is 5.75 Å². The van der Waals surface area contributed by atoms with Gasteiger partial charge in [0.05, 0.1) is 0 Å². The lowest BCUT2D eigenvalue weighted by atomic mass is 10.6. The van der Waals surface area contributed by atoms with E-state index in [2.05, 4.69) is 4.74 Å². The molecule has 0 aliphatic rings. The van der Waals surface area contributed by atoms with Gasteiger partial charge in [0, 0.05) is 5.75 Å². The molecule has 0 saturated heterocycles. The average molecular weight is 174 g/mol. The maximum Gasteiger partial charge on any atom is 0.452 e. The van der Waals surface area contributed by atoms with E-state index < -0.39 is 5.95 Å². The molecule has 0 aromatic heterocycles. The quantitative estimate of drug-likeness (QED) is 0.349. The van der Waals surface area contributed by atoms with Crippen molar-refractivity contribution in [1.29, 1.82) is 0 Å². The molecule has 0 fully saturated rings. The van der Waals surface area contributed by atoms with E-state index in [1.54, 1.807) is 6.92 Å². The van der Waals surface area contributed by atoms with Gasteiger partial charge in [0.25, 0.3) is 0 Å². The highest BCUT2D eigenvalue weighted by Gasteiger charge is 2.13. The van der Waals surface area contributed by atoms with Crippen LogP contribution >= 0.6 is 11.8 Å². The van der Waals surface area contributed by atoms with Crippen LogP contribution in [0.25, 0.3) is 0 Å². The molecule has 0 aromatic carbocycles. The smallest absolute Gasteiger partial charge is 0.452 e. The van der Waals surface area contributed by atoms with Crippen molar-refractivity contribution in [3.8, 4) is 0 Å². The van der Waals surface area contributed by atoms with Crippen molar-refractivity contribution in [1.82, 2.24) is 0 Å². The predicted molar refractivity (Wildman–Crippen MR) is 41.5 cm³/mol. The van der Waals surface area contributed by atoms with Gasteiger partial charge in [-0.3, -0.25) is 0 Å². The molecular formula is C7H10O3S. The Morgan fingerprint density at radius 2 is 2.27 bits per heavy atom. The largest absolute Gasteiger partial charge is 0.575 e. The summed E-state index contributed by atoms with van der Waals surface area (Å²) in [6.45, 7) is 3.78. The molecule has 4 heteroatoms. The SMILES string of the molecule is CCOC([O-])=[C+]C(=O)SCC. The normalized spacial score (nSPS) is 10.5. The van der Waals surface area contributed by atoms with Crippen molar-refractivity contribution in [2.75, 3.05) is 12.4 Å². The molecule has 0 heterocycles. The fourth-order valence-electron chi connectivity index (χ4n) is 0.418. The Labute approximate surface area is 70.4 Å². The lowest BCUT2D eigenvalue weighted by Gasteiger charge is -1.99. The minimum atomic E-state index is -0.682.